The van der Waals surface area contributed by atoms with E-state index in [4.69, 9.17) is 11.6 Å². The number of nitro benzene ring substituents is 1. The highest BCUT2D eigenvalue weighted by Crippen LogP contribution is 2.28. The third-order valence-electron chi connectivity index (χ3n) is 4.25. The summed E-state index contributed by atoms with van der Waals surface area (Å²) in [5, 5.41) is 11.8. The average Bonchev–Trinajstić information content (AvgIpc) is 2.98. The Bertz CT molecular complexity index is 1100. The molecular formula is C18H12ClN3O3. The van der Waals surface area contributed by atoms with E-state index in [1.165, 1.54) is 12.1 Å². The van der Waals surface area contributed by atoms with E-state index in [1.807, 2.05) is 6.08 Å². The number of nitrogens with zero attached hydrogens (tertiary/aromatic N) is 3. The predicted molar refractivity (Wildman–Crippen MR) is 96.6 cm³/mol. The number of non-ortho nitro benzene ring substituents is 1. The lowest BCUT2D eigenvalue weighted by atomic mass is 10.1. The molecule has 7 heteroatoms. The first-order valence-electron chi connectivity index (χ1n) is 7.68. The molecule has 1 aromatic heterocycles. The summed E-state index contributed by atoms with van der Waals surface area (Å²) in [7, 11) is 0. The molecule has 0 fully saturated rings. The fourth-order valence-electron chi connectivity index (χ4n) is 3.02. The van der Waals surface area contributed by atoms with Crippen LogP contribution in [0.2, 0.25) is 5.02 Å². The Kier molecular flexibility index (Phi) is 3.62. The number of nitro groups is 1. The number of benzene rings is 2. The molecule has 124 valence electrons. The van der Waals surface area contributed by atoms with Gasteiger partial charge in [-0.1, -0.05) is 11.6 Å². The number of allylic oxidation sites excluding steroid dienone is 1. The van der Waals surface area contributed by atoms with Crippen LogP contribution in [0.15, 0.2) is 47.3 Å². The van der Waals surface area contributed by atoms with Gasteiger partial charge in [0.1, 0.15) is 5.82 Å². The lowest BCUT2D eigenvalue weighted by molar-refractivity contribution is -0.384. The monoisotopic (exact) mass is 353 g/mol. The van der Waals surface area contributed by atoms with Gasteiger partial charge in [0.15, 0.2) is 0 Å². The number of hydrogen-bond donors (Lipinski definition) is 0. The van der Waals surface area contributed by atoms with Crippen molar-refractivity contribution < 1.29 is 4.92 Å². The molecule has 0 amide bonds. The van der Waals surface area contributed by atoms with E-state index >= 15 is 0 Å². The van der Waals surface area contributed by atoms with Crippen molar-refractivity contribution in [1.82, 2.24) is 9.55 Å². The van der Waals surface area contributed by atoms with Crippen molar-refractivity contribution in [2.75, 3.05) is 0 Å². The zero-order valence-corrected chi connectivity index (χ0v) is 13.7. The Balaban J connectivity index is 1.82. The Morgan fingerprint density at radius 2 is 1.96 bits per heavy atom. The number of hydrogen-bond acceptors (Lipinski definition) is 4. The number of halogens is 1. The maximum atomic E-state index is 12.6. The number of rotatable bonds is 2. The molecule has 3 aromatic rings. The van der Waals surface area contributed by atoms with Crippen LogP contribution in [0.3, 0.4) is 0 Å². The Morgan fingerprint density at radius 3 is 2.68 bits per heavy atom. The van der Waals surface area contributed by atoms with Crippen LogP contribution in [0.5, 0.6) is 0 Å². The average molecular weight is 354 g/mol. The second-order valence-corrected chi connectivity index (χ2v) is 6.26. The molecule has 0 saturated heterocycles. The topological polar surface area (TPSA) is 78.0 Å². The Hall–Kier alpha value is -2.99. The summed E-state index contributed by atoms with van der Waals surface area (Å²) in [6, 6.07) is 11.3. The van der Waals surface area contributed by atoms with Crippen molar-refractivity contribution in [1.29, 1.82) is 0 Å². The third kappa shape index (κ3) is 2.70. The molecule has 2 aromatic carbocycles. The van der Waals surface area contributed by atoms with Gasteiger partial charge in [-0.3, -0.25) is 19.5 Å². The van der Waals surface area contributed by atoms with Gasteiger partial charge in [0, 0.05) is 23.7 Å². The summed E-state index contributed by atoms with van der Waals surface area (Å²) < 4.78 is 1.66. The molecule has 0 radical (unpaired) electrons. The molecule has 1 aliphatic rings. The minimum Gasteiger partial charge on any atom is -0.292 e. The summed E-state index contributed by atoms with van der Waals surface area (Å²) in [6.07, 6.45) is 2.59. The van der Waals surface area contributed by atoms with Gasteiger partial charge in [-0.25, -0.2) is 4.98 Å². The van der Waals surface area contributed by atoms with E-state index in [0.29, 0.717) is 34.7 Å². The van der Waals surface area contributed by atoms with Gasteiger partial charge >= 0.3 is 0 Å². The first-order chi connectivity index (χ1) is 12.0. The molecule has 25 heavy (non-hydrogen) atoms. The van der Waals surface area contributed by atoms with Gasteiger partial charge in [-0.05, 0) is 54.0 Å². The van der Waals surface area contributed by atoms with Crippen LogP contribution in [0, 0.1) is 10.1 Å². The minimum atomic E-state index is -0.432. The maximum Gasteiger partial charge on any atom is 0.269 e. The fourth-order valence-corrected chi connectivity index (χ4v) is 3.19. The molecule has 0 saturated carbocycles. The molecule has 0 atom stereocenters. The van der Waals surface area contributed by atoms with Crippen LogP contribution < -0.4 is 5.56 Å². The zero-order valence-electron chi connectivity index (χ0n) is 13.0. The maximum absolute atomic E-state index is 12.6. The molecule has 0 N–H and O–H groups in total. The van der Waals surface area contributed by atoms with E-state index in [1.54, 1.807) is 34.9 Å². The van der Waals surface area contributed by atoms with Crippen LogP contribution in [-0.2, 0) is 6.54 Å². The summed E-state index contributed by atoms with van der Waals surface area (Å²) >= 11 is 6.01. The van der Waals surface area contributed by atoms with Gasteiger partial charge in [0.05, 0.1) is 15.8 Å². The van der Waals surface area contributed by atoms with E-state index in [9.17, 15) is 14.9 Å². The number of fused-ring (bicyclic) bond motifs is 2. The lowest BCUT2D eigenvalue weighted by Crippen LogP contribution is -2.20. The molecule has 6 nitrogen and oxygen atoms in total. The van der Waals surface area contributed by atoms with E-state index < -0.39 is 4.92 Å². The fraction of sp³-hybridized carbons (Fsp3) is 0.111. The van der Waals surface area contributed by atoms with E-state index in [2.05, 4.69) is 4.98 Å². The van der Waals surface area contributed by atoms with E-state index in [0.717, 1.165) is 11.1 Å². The summed E-state index contributed by atoms with van der Waals surface area (Å²) in [4.78, 5) is 27.5. The summed E-state index contributed by atoms with van der Waals surface area (Å²) in [5.74, 6) is 0.623. The lowest BCUT2D eigenvalue weighted by Gasteiger charge is -2.06. The van der Waals surface area contributed by atoms with Crippen molar-refractivity contribution >= 4 is 39.8 Å². The molecule has 0 aliphatic carbocycles. The van der Waals surface area contributed by atoms with Gasteiger partial charge in [0.25, 0.3) is 11.2 Å². The standard InChI is InChI=1S/C18H12ClN3O3/c19-13-3-6-15-16(10-13)20-17-12(7-8-21(17)18(15)23)9-11-1-4-14(5-2-11)22(24)25/h1-6,9-10H,7-8H2. The molecule has 2 heterocycles. The van der Waals surface area contributed by atoms with Crippen LogP contribution in [-0.4, -0.2) is 14.5 Å². The Labute approximate surface area is 147 Å². The SMILES string of the molecule is O=c1c2ccc(Cl)cc2nc2n1CCC2=Cc1ccc([N+](=O)[O-])cc1. The van der Waals surface area contributed by atoms with Crippen molar-refractivity contribution in [2.45, 2.75) is 13.0 Å². The van der Waals surface area contributed by atoms with Crippen molar-refractivity contribution in [3.63, 3.8) is 0 Å². The first-order valence-corrected chi connectivity index (χ1v) is 8.06. The van der Waals surface area contributed by atoms with Gasteiger partial charge in [-0.15, -0.1) is 0 Å². The smallest absolute Gasteiger partial charge is 0.269 e. The highest BCUT2D eigenvalue weighted by molar-refractivity contribution is 6.31. The van der Waals surface area contributed by atoms with Gasteiger partial charge < -0.3 is 0 Å². The first kappa shape index (κ1) is 15.5. The van der Waals surface area contributed by atoms with Crippen molar-refractivity contribution in [3.05, 3.63) is 79.3 Å². The van der Waals surface area contributed by atoms with Gasteiger partial charge in [0.2, 0.25) is 0 Å². The minimum absolute atomic E-state index is 0.0453. The quantitative estimate of drug-likeness (QED) is 0.517. The molecule has 1 aliphatic heterocycles. The molecular weight excluding hydrogens is 342 g/mol. The van der Waals surface area contributed by atoms with Crippen LogP contribution in [0.25, 0.3) is 22.6 Å². The van der Waals surface area contributed by atoms with E-state index in [-0.39, 0.29) is 11.2 Å². The highest BCUT2D eigenvalue weighted by Gasteiger charge is 2.21. The second kappa shape index (κ2) is 5.82. The summed E-state index contributed by atoms with van der Waals surface area (Å²) in [6.45, 7) is 0.568. The van der Waals surface area contributed by atoms with Crippen molar-refractivity contribution in [3.8, 4) is 0 Å². The normalized spacial score (nSPS) is 14.8. The predicted octanol–water partition coefficient (Wildman–Crippen LogP) is 3.90. The molecule has 4 rings (SSSR count). The molecule has 0 spiro atoms. The second-order valence-electron chi connectivity index (χ2n) is 5.82. The highest BCUT2D eigenvalue weighted by atomic mass is 35.5. The van der Waals surface area contributed by atoms with Crippen LogP contribution in [0.1, 0.15) is 17.8 Å². The third-order valence-corrected chi connectivity index (χ3v) is 4.49. The largest absolute Gasteiger partial charge is 0.292 e. The zero-order chi connectivity index (χ0) is 17.6. The summed E-state index contributed by atoms with van der Waals surface area (Å²) in [5.41, 5.74) is 2.29. The molecule has 0 bridgehead atoms. The van der Waals surface area contributed by atoms with Crippen LogP contribution >= 0.6 is 11.6 Å². The van der Waals surface area contributed by atoms with Crippen molar-refractivity contribution in [2.24, 2.45) is 0 Å². The number of aromatic nitrogens is 2. The molecule has 0 unspecified atom stereocenters. The Morgan fingerprint density at radius 1 is 1.20 bits per heavy atom. The van der Waals surface area contributed by atoms with Gasteiger partial charge in [-0.2, -0.15) is 0 Å². The van der Waals surface area contributed by atoms with Crippen LogP contribution in [0.4, 0.5) is 5.69 Å².